The number of carbonyl (C=O) groups excluding carboxylic acids is 1. The average molecular weight is 749 g/mol. The highest BCUT2D eigenvalue weighted by Gasteiger charge is 2.54. The summed E-state index contributed by atoms with van der Waals surface area (Å²) in [6.45, 7) is 16.6. The Kier molecular flexibility index (Phi) is 15.3. The highest BCUT2D eigenvalue weighted by Crippen LogP contribution is 2.41. The molecule has 0 spiro atoms. The Morgan fingerprint density at radius 3 is 2.08 bits per heavy atom. The van der Waals surface area contributed by atoms with Crippen LogP contribution < -0.4 is 0 Å². The van der Waals surface area contributed by atoms with Crippen LogP contribution in [0.4, 0.5) is 0 Å². The number of hydrogen-bond donors (Lipinski definition) is 5. The average Bonchev–Trinajstić information content (AvgIpc) is 3.06. The quantitative estimate of drug-likeness (QED) is 0.179. The largest absolute Gasteiger partial charge is 0.459 e. The maximum atomic E-state index is 14.1. The van der Waals surface area contributed by atoms with Gasteiger partial charge in [0, 0.05) is 31.4 Å². The first-order valence-corrected chi connectivity index (χ1v) is 18.8. The van der Waals surface area contributed by atoms with Gasteiger partial charge >= 0.3 is 5.97 Å². The van der Waals surface area contributed by atoms with Gasteiger partial charge in [0.1, 0.15) is 23.9 Å². The van der Waals surface area contributed by atoms with Crippen molar-refractivity contribution in [2.45, 2.75) is 185 Å². The van der Waals surface area contributed by atoms with Gasteiger partial charge in [-0.2, -0.15) is 4.91 Å². The molecule has 0 bridgehead atoms. The van der Waals surface area contributed by atoms with Crippen LogP contribution in [0.25, 0.3) is 0 Å². The number of ether oxygens (including phenoxy) is 6. The first kappa shape index (κ1) is 45.0. The maximum Gasteiger partial charge on any atom is 0.311 e. The highest BCUT2D eigenvalue weighted by atomic mass is 16.7. The first-order valence-electron chi connectivity index (χ1n) is 18.8. The van der Waals surface area contributed by atoms with E-state index in [0.717, 1.165) is 0 Å². The van der Waals surface area contributed by atoms with E-state index in [1.165, 1.54) is 14.0 Å². The van der Waals surface area contributed by atoms with Crippen molar-refractivity contribution in [2.75, 3.05) is 21.2 Å². The number of aliphatic hydroxyl groups is 5. The summed E-state index contributed by atoms with van der Waals surface area (Å²) in [7, 11) is 5.18. The predicted octanol–water partition coefficient (Wildman–Crippen LogP) is 2.35. The van der Waals surface area contributed by atoms with Crippen molar-refractivity contribution in [2.24, 2.45) is 28.8 Å². The number of methoxy groups -OCH3 is 1. The minimum atomic E-state index is -1.97. The van der Waals surface area contributed by atoms with Crippen LogP contribution in [0.1, 0.15) is 94.9 Å². The molecule has 0 saturated carbocycles. The Morgan fingerprint density at radius 1 is 0.923 bits per heavy atom. The number of likely N-dealkylation sites (N-methyl/N-ethyl adjacent to an activating group) is 1. The number of esters is 1. The van der Waals surface area contributed by atoms with Crippen LogP contribution in [-0.4, -0.2) is 148 Å². The summed E-state index contributed by atoms with van der Waals surface area (Å²) in [6, 6.07) is -1.40. The van der Waals surface area contributed by atoms with Gasteiger partial charge < -0.3 is 58.9 Å². The van der Waals surface area contributed by atoms with E-state index in [1.807, 2.05) is 25.9 Å². The zero-order valence-corrected chi connectivity index (χ0v) is 33.5. The molecule has 0 aliphatic carbocycles. The molecule has 0 aromatic heterocycles. The van der Waals surface area contributed by atoms with Gasteiger partial charge in [-0.3, -0.25) is 4.79 Å². The molecule has 5 N–H and O–H groups in total. The van der Waals surface area contributed by atoms with E-state index in [0.29, 0.717) is 6.42 Å². The van der Waals surface area contributed by atoms with Gasteiger partial charge in [0.25, 0.3) is 0 Å². The fraction of sp³-hybridized carbons (Fsp3) is 0.973. The van der Waals surface area contributed by atoms with Gasteiger partial charge in [0.15, 0.2) is 12.6 Å². The van der Waals surface area contributed by atoms with E-state index < -0.39 is 108 Å². The van der Waals surface area contributed by atoms with E-state index >= 15 is 0 Å². The van der Waals surface area contributed by atoms with E-state index in [1.54, 1.807) is 55.4 Å². The Bertz CT molecular complexity index is 1170. The molecule has 3 fully saturated rings. The van der Waals surface area contributed by atoms with Gasteiger partial charge in [-0.25, -0.2) is 0 Å². The molecule has 52 heavy (non-hydrogen) atoms. The molecule has 3 heterocycles. The van der Waals surface area contributed by atoms with Crippen molar-refractivity contribution in [3.05, 3.63) is 4.91 Å². The van der Waals surface area contributed by atoms with Crippen molar-refractivity contribution in [3.8, 4) is 0 Å². The minimum absolute atomic E-state index is 0.0687. The maximum absolute atomic E-state index is 14.1. The monoisotopic (exact) mass is 748 g/mol. The summed E-state index contributed by atoms with van der Waals surface area (Å²) in [4.78, 5) is 28.4. The van der Waals surface area contributed by atoms with E-state index in [-0.39, 0.29) is 31.4 Å². The molecular formula is C37H68N2O13. The number of rotatable bonds is 8. The third-order valence-corrected chi connectivity index (χ3v) is 12.2. The molecule has 3 rings (SSSR count). The van der Waals surface area contributed by atoms with Gasteiger partial charge in [-0.05, 0) is 80.8 Å². The Morgan fingerprint density at radius 2 is 1.54 bits per heavy atom. The van der Waals surface area contributed by atoms with Crippen LogP contribution in [0.3, 0.4) is 0 Å². The molecule has 15 heteroatoms. The second-order valence-corrected chi connectivity index (χ2v) is 16.8. The SMILES string of the molecule is CC[C@H]1OC(=O)[C@H](C)C(OC2CC(C)(OC)C(O)C(C)O2)[C@H](C)C(OC2OC(C)CC(N(C)C)C2O)[C@](C)(O)C[C@@H](C)C(N=O)[C@H](C)C(O)[C@]1(C)O. The number of nitroso groups, excluding NO2 is 1. The zero-order chi connectivity index (χ0) is 39.7. The smallest absolute Gasteiger partial charge is 0.311 e. The Balaban J connectivity index is 2.21. The molecule has 3 aliphatic rings. The molecule has 0 aromatic rings. The number of cyclic esters (lactones) is 1. The van der Waals surface area contributed by atoms with E-state index in [9.17, 15) is 35.2 Å². The topological polar surface area (TPSA) is 206 Å². The Hall–Kier alpha value is -1.37. The van der Waals surface area contributed by atoms with Crippen molar-refractivity contribution >= 4 is 5.97 Å². The lowest BCUT2D eigenvalue weighted by Gasteiger charge is -2.49. The highest BCUT2D eigenvalue weighted by molar-refractivity contribution is 5.73. The van der Waals surface area contributed by atoms with Crippen molar-refractivity contribution in [1.82, 2.24) is 4.90 Å². The van der Waals surface area contributed by atoms with Crippen LogP contribution in [0, 0.1) is 28.6 Å². The number of aliphatic hydroxyl groups excluding tert-OH is 3. The van der Waals surface area contributed by atoms with Crippen LogP contribution >= 0.6 is 0 Å². The normalized spacial score (nSPS) is 50.3. The molecule has 304 valence electrons. The van der Waals surface area contributed by atoms with Crippen LogP contribution in [0.15, 0.2) is 5.18 Å². The van der Waals surface area contributed by atoms with E-state index in [4.69, 9.17) is 28.4 Å². The molecule has 3 aliphatic heterocycles. The molecule has 15 nitrogen and oxygen atoms in total. The fourth-order valence-corrected chi connectivity index (χ4v) is 8.79. The van der Waals surface area contributed by atoms with Crippen LogP contribution in [0.2, 0.25) is 0 Å². The molecule has 0 amide bonds. The Labute approximate surface area is 309 Å². The predicted molar refractivity (Wildman–Crippen MR) is 191 cm³/mol. The second kappa shape index (κ2) is 17.6. The summed E-state index contributed by atoms with van der Waals surface area (Å²) < 4.78 is 37.2. The molecule has 19 atom stereocenters. The van der Waals surface area contributed by atoms with Crippen molar-refractivity contribution in [1.29, 1.82) is 0 Å². The zero-order valence-electron chi connectivity index (χ0n) is 33.5. The first-order chi connectivity index (χ1) is 24.0. The lowest BCUT2D eigenvalue weighted by molar-refractivity contribution is -0.318. The third kappa shape index (κ3) is 9.52. The number of carbonyl (C=O) groups is 1. The molecule has 3 saturated heterocycles. The summed E-state index contributed by atoms with van der Waals surface area (Å²) >= 11 is 0. The standard InChI is InChI=1S/C37H68N2O13/c1-14-25-37(10,45)30(41)20(4)27(38-46)18(2)16-35(8,44)32(52-34-28(40)24(39(11)12)15-19(3)48-34)21(5)29(22(6)33(43)50-25)51-26-17-36(9,47-13)31(42)23(7)49-26/h18-32,34,40-42,44-45H,14-17H2,1-13H3/t18-,19?,20+,21+,22-,23?,24?,25-,26?,27?,28?,29?,30?,31?,32?,34?,35-,36?,37-/m1/s1. The summed E-state index contributed by atoms with van der Waals surface area (Å²) in [5, 5.41) is 61.4. The second-order valence-electron chi connectivity index (χ2n) is 16.8. The van der Waals surface area contributed by atoms with Crippen molar-refractivity contribution in [3.63, 3.8) is 0 Å². The van der Waals surface area contributed by atoms with Gasteiger partial charge in [-0.15, -0.1) is 0 Å². The van der Waals surface area contributed by atoms with Crippen LogP contribution in [-0.2, 0) is 33.2 Å². The molecule has 0 radical (unpaired) electrons. The minimum Gasteiger partial charge on any atom is -0.459 e. The third-order valence-electron chi connectivity index (χ3n) is 12.2. The van der Waals surface area contributed by atoms with E-state index in [2.05, 4.69) is 5.18 Å². The summed E-state index contributed by atoms with van der Waals surface area (Å²) in [6.07, 6.45) is -9.58. The molecule has 12 unspecified atom stereocenters. The number of hydrogen-bond acceptors (Lipinski definition) is 15. The van der Waals surface area contributed by atoms with Crippen LogP contribution in [0.5, 0.6) is 0 Å². The summed E-state index contributed by atoms with van der Waals surface area (Å²) in [5.41, 5.74) is -4.80. The van der Waals surface area contributed by atoms with Crippen molar-refractivity contribution < 1.29 is 58.7 Å². The molecular weight excluding hydrogens is 680 g/mol. The molecule has 0 aromatic carbocycles. The van der Waals surface area contributed by atoms with Gasteiger partial charge in [0.2, 0.25) is 0 Å². The summed E-state index contributed by atoms with van der Waals surface area (Å²) in [5.74, 6) is -4.21. The van der Waals surface area contributed by atoms with Gasteiger partial charge in [-0.1, -0.05) is 32.9 Å². The van der Waals surface area contributed by atoms with Gasteiger partial charge in [0.05, 0.1) is 53.7 Å². The number of nitrogens with zero attached hydrogens (tertiary/aromatic N) is 2. The fourth-order valence-electron chi connectivity index (χ4n) is 8.79. The lowest BCUT2D eigenvalue weighted by Crippen LogP contribution is -2.61. The lowest BCUT2D eigenvalue weighted by atomic mass is 9.72.